The minimum atomic E-state index is -0.591. The molecule has 0 fully saturated rings. The second kappa shape index (κ2) is 10.5. The smallest absolute Gasteiger partial charge is 0.272 e. The Morgan fingerprint density at radius 3 is 2.21 bits per heavy atom. The molecular formula is C34H34N2O3. The molecule has 0 heterocycles. The number of fused-ring (bicyclic) bond motifs is 1. The van der Waals surface area contributed by atoms with Crippen molar-refractivity contribution in [2.45, 2.75) is 52.3 Å². The largest absolute Gasteiger partial charge is 0.482 e. The molecule has 0 bridgehead atoms. The van der Waals surface area contributed by atoms with E-state index in [1.54, 1.807) is 0 Å². The Bertz CT molecular complexity index is 1680. The van der Waals surface area contributed by atoms with Gasteiger partial charge in [-0.15, -0.1) is 0 Å². The van der Waals surface area contributed by atoms with Gasteiger partial charge in [0.2, 0.25) is 0 Å². The zero-order valence-electron chi connectivity index (χ0n) is 23.0. The maximum absolute atomic E-state index is 12.4. The number of hydrogen-bond donors (Lipinski definition) is 2. The molecule has 0 saturated heterocycles. The van der Waals surface area contributed by atoms with E-state index in [1.165, 1.54) is 21.9 Å². The first kappa shape index (κ1) is 26.4. The predicted octanol–water partition coefficient (Wildman–Crippen LogP) is 7.11. The number of benzene rings is 4. The zero-order valence-corrected chi connectivity index (χ0v) is 23.0. The highest BCUT2D eigenvalue weighted by molar-refractivity contribution is 5.86. The molecule has 39 heavy (non-hydrogen) atoms. The van der Waals surface area contributed by atoms with E-state index in [0.29, 0.717) is 0 Å². The summed E-state index contributed by atoms with van der Waals surface area (Å²) in [6.07, 6.45) is 0. The van der Waals surface area contributed by atoms with Crippen molar-refractivity contribution in [2.24, 2.45) is 0 Å². The minimum absolute atomic E-state index is 0.0550. The van der Waals surface area contributed by atoms with Gasteiger partial charge in [-0.2, -0.15) is 0 Å². The van der Waals surface area contributed by atoms with Gasteiger partial charge in [-0.3, -0.25) is 14.9 Å². The third kappa shape index (κ3) is 5.64. The predicted molar refractivity (Wildman–Crippen MR) is 160 cm³/mol. The quantitative estimate of drug-likeness (QED) is 0.214. The number of aryl methyl sites for hydroxylation is 1. The molecule has 0 spiro atoms. The van der Waals surface area contributed by atoms with Crippen LogP contribution in [-0.2, 0) is 0 Å². The molecular weight excluding hydrogens is 484 g/mol. The van der Waals surface area contributed by atoms with Crippen molar-refractivity contribution in [3.8, 4) is 5.75 Å². The fourth-order valence-electron chi connectivity index (χ4n) is 4.94. The van der Waals surface area contributed by atoms with Crippen LogP contribution in [0, 0.1) is 6.92 Å². The van der Waals surface area contributed by atoms with Crippen LogP contribution in [0.25, 0.3) is 10.8 Å². The normalized spacial score (nSPS) is 13.4. The second-order valence-electron chi connectivity index (χ2n) is 11.1. The van der Waals surface area contributed by atoms with E-state index in [2.05, 4.69) is 97.3 Å². The molecule has 5 heteroatoms. The van der Waals surface area contributed by atoms with Crippen molar-refractivity contribution in [2.75, 3.05) is 5.32 Å². The summed E-state index contributed by atoms with van der Waals surface area (Å²) in [5.74, 6) is 0.0932. The molecule has 0 radical (unpaired) electrons. The maximum Gasteiger partial charge on any atom is 0.272 e. The first-order valence-electron chi connectivity index (χ1n) is 13.3. The Labute approximate surface area is 229 Å². The lowest BCUT2D eigenvalue weighted by atomic mass is 9.94. The fourth-order valence-corrected chi connectivity index (χ4v) is 4.94. The van der Waals surface area contributed by atoms with Crippen molar-refractivity contribution >= 4 is 22.1 Å². The summed E-state index contributed by atoms with van der Waals surface area (Å²) in [7, 11) is 0. The van der Waals surface area contributed by atoms with Gasteiger partial charge in [-0.25, -0.2) is 0 Å². The molecule has 0 amide bonds. The maximum atomic E-state index is 12.4. The van der Waals surface area contributed by atoms with E-state index in [4.69, 9.17) is 4.74 Å². The Kier molecular flexibility index (Phi) is 7.11. The van der Waals surface area contributed by atoms with Crippen LogP contribution in [0.15, 0.2) is 101 Å². The van der Waals surface area contributed by atoms with Gasteiger partial charge in [0.15, 0.2) is 5.75 Å². The molecule has 1 unspecified atom stereocenters. The van der Waals surface area contributed by atoms with Crippen molar-refractivity contribution in [3.63, 3.8) is 0 Å². The first-order valence-corrected chi connectivity index (χ1v) is 13.3. The highest BCUT2D eigenvalue weighted by Crippen LogP contribution is 2.32. The van der Waals surface area contributed by atoms with Crippen LogP contribution in [0.1, 0.15) is 62.0 Å². The van der Waals surface area contributed by atoms with Crippen LogP contribution < -0.4 is 26.2 Å². The third-order valence-electron chi connectivity index (χ3n) is 6.88. The topological polar surface area (TPSA) is 67.4 Å². The standard InChI is InChI=1S/C34H34N2O3/c1-21-16-18-24(19-17-21)29(35-22(2)27-15-9-11-23-10-6-7-14-28(23)27)25-12-8-13-26(20-25)36-30-31(37)32(38)33(30)39-34(3,4)5/h6-20,22,29,35-36H,1-5H3/t22-,29?/m1/s1. The number of rotatable bonds is 8. The van der Waals surface area contributed by atoms with Crippen LogP contribution in [0.5, 0.6) is 5.75 Å². The number of hydrogen-bond acceptors (Lipinski definition) is 5. The molecule has 198 valence electrons. The van der Waals surface area contributed by atoms with Gasteiger partial charge >= 0.3 is 0 Å². The summed E-state index contributed by atoms with van der Waals surface area (Å²) >= 11 is 0. The van der Waals surface area contributed by atoms with Crippen LogP contribution in [0.3, 0.4) is 0 Å². The monoisotopic (exact) mass is 518 g/mol. The van der Waals surface area contributed by atoms with Gasteiger partial charge < -0.3 is 10.1 Å². The number of ether oxygens (including phenoxy) is 1. The van der Waals surface area contributed by atoms with Crippen LogP contribution in [0.2, 0.25) is 0 Å². The Morgan fingerprint density at radius 1 is 0.769 bits per heavy atom. The molecule has 0 aliphatic heterocycles. The summed E-state index contributed by atoms with van der Waals surface area (Å²) < 4.78 is 5.77. The van der Waals surface area contributed by atoms with Gasteiger partial charge in [0.1, 0.15) is 11.3 Å². The number of anilines is 2. The van der Waals surface area contributed by atoms with Gasteiger partial charge in [-0.1, -0.05) is 84.4 Å². The SMILES string of the molecule is Cc1ccc(C(N[C@H](C)c2cccc3ccccc23)c2cccc(Nc3c(OC(C)(C)C)c(=O)c3=O)c2)cc1. The fraction of sp³-hybridized carbons (Fsp3) is 0.235. The Balaban J connectivity index is 1.49. The van der Waals surface area contributed by atoms with E-state index in [9.17, 15) is 9.59 Å². The average molecular weight is 519 g/mol. The summed E-state index contributed by atoms with van der Waals surface area (Å²) in [6, 6.07) is 31.3. The molecule has 5 aromatic carbocycles. The molecule has 2 atom stereocenters. The molecule has 2 N–H and O–H groups in total. The van der Waals surface area contributed by atoms with E-state index in [1.807, 2.05) is 39.0 Å². The van der Waals surface area contributed by atoms with Gasteiger partial charge in [0.05, 0.1) is 6.04 Å². The lowest BCUT2D eigenvalue weighted by Crippen LogP contribution is -2.39. The van der Waals surface area contributed by atoms with Gasteiger partial charge in [-0.05, 0) is 74.2 Å². The van der Waals surface area contributed by atoms with E-state index in [0.717, 1.165) is 16.8 Å². The average Bonchev–Trinajstić information content (AvgIpc) is 2.93. The molecule has 0 aromatic heterocycles. The van der Waals surface area contributed by atoms with Gasteiger partial charge in [0, 0.05) is 11.7 Å². The van der Waals surface area contributed by atoms with E-state index < -0.39 is 16.5 Å². The molecule has 5 nitrogen and oxygen atoms in total. The van der Waals surface area contributed by atoms with Crippen LogP contribution >= 0.6 is 0 Å². The lowest BCUT2D eigenvalue weighted by Gasteiger charge is -2.26. The molecule has 5 rings (SSSR count). The van der Waals surface area contributed by atoms with Gasteiger partial charge in [0.25, 0.3) is 10.9 Å². The Hall–Kier alpha value is -4.22. The second-order valence-corrected chi connectivity index (χ2v) is 11.1. The summed E-state index contributed by atoms with van der Waals surface area (Å²) in [6.45, 7) is 9.82. The summed E-state index contributed by atoms with van der Waals surface area (Å²) in [5, 5.41) is 9.45. The third-order valence-corrected chi connectivity index (χ3v) is 6.88. The molecule has 0 aliphatic rings. The zero-order chi connectivity index (χ0) is 27.7. The first-order chi connectivity index (χ1) is 18.6. The van der Waals surface area contributed by atoms with Crippen molar-refractivity contribution in [1.82, 2.24) is 5.32 Å². The van der Waals surface area contributed by atoms with E-state index in [-0.39, 0.29) is 23.5 Å². The van der Waals surface area contributed by atoms with Crippen molar-refractivity contribution < 1.29 is 4.74 Å². The summed E-state index contributed by atoms with van der Waals surface area (Å²) in [4.78, 5) is 24.6. The van der Waals surface area contributed by atoms with E-state index >= 15 is 0 Å². The molecule has 0 aliphatic carbocycles. The molecule has 5 aromatic rings. The van der Waals surface area contributed by atoms with Crippen molar-refractivity contribution in [3.05, 3.63) is 134 Å². The summed E-state index contributed by atoms with van der Waals surface area (Å²) in [5.41, 5.74) is 3.78. The van der Waals surface area contributed by atoms with Crippen LogP contribution in [0.4, 0.5) is 11.4 Å². The Morgan fingerprint density at radius 2 is 1.46 bits per heavy atom. The van der Waals surface area contributed by atoms with Crippen LogP contribution in [-0.4, -0.2) is 5.60 Å². The van der Waals surface area contributed by atoms with Crippen molar-refractivity contribution in [1.29, 1.82) is 0 Å². The lowest BCUT2D eigenvalue weighted by molar-refractivity contribution is 0.128. The minimum Gasteiger partial charge on any atom is -0.482 e. The molecule has 0 saturated carbocycles. The highest BCUT2D eigenvalue weighted by atomic mass is 16.5. The highest BCUT2D eigenvalue weighted by Gasteiger charge is 2.27. The number of nitrogens with one attached hydrogen (secondary N) is 2.